The molecule has 0 amide bonds. The number of aliphatic imine (C=N–C) groups is 1. The number of nitrogens with zero attached hydrogens (tertiary/aromatic N) is 6. The number of H-pyrrole nitrogens is 1. The average Bonchev–Trinajstić information content (AvgIpc) is 3.17. The molecule has 8 nitrogen and oxygen atoms in total. The number of rotatable bonds is 5. The van der Waals surface area contributed by atoms with Gasteiger partial charge < -0.3 is 4.90 Å². The summed E-state index contributed by atoms with van der Waals surface area (Å²) in [6, 6.07) is 12.3. The Morgan fingerprint density at radius 1 is 1.14 bits per heavy atom. The van der Waals surface area contributed by atoms with E-state index >= 15 is 0 Å². The molecule has 4 heterocycles. The fraction of sp³-hybridized carbons (Fsp3) is 0.190. The molecule has 3 aromatic rings. The molecule has 0 atom stereocenters. The van der Waals surface area contributed by atoms with Crippen LogP contribution in [0.15, 0.2) is 78.2 Å². The van der Waals surface area contributed by atoms with Crippen molar-refractivity contribution in [3.8, 4) is 5.69 Å². The summed E-state index contributed by atoms with van der Waals surface area (Å²) in [6.07, 6.45) is 12.1. The fourth-order valence-electron chi connectivity index (χ4n) is 3.71. The van der Waals surface area contributed by atoms with E-state index in [-0.39, 0.29) is 0 Å². The number of fused-ring (bicyclic) bond motifs is 1. The lowest BCUT2D eigenvalue weighted by atomic mass is 10.2. The zero-order valence-corrected chi connectivity index (χ0v) is 15.7. The summed E-state index contributed by atoms with van der Waals surface area (Å²) < 4.78 is 1.86. The summed E-state index contributed by atoms with van der Waals surface area (Å²) in [5.41, 5.74) is 3.30. The highest BCUT2D eigenvalue weighted by Gasteiger charge is 2.38. The van der Waals surface area contributed by atoms with Crippen LogP contribution < -0.4 is 15.1 Å². The molecule has 2 aromatic heterocycles. The lowest BCUT2D eigenvalue weighted by Gasteiger charge is -2.25. The molecule has 0 spiro atoms. The van der Waals surface area contributed by atoms with Gasteiger partial charge in [-0.15, -0.1) is 0 Å². The number of nitrogens with one attached hydrogen (secondary N) is 2. The van der Waals surface area contributed by atoms with Crippen molar-refractivity contribution in [2.45, 2.75) is 18.8 Å². The van der Waals surface area contributed by atoms with Crippen molar-refractivity contribution in [2.24, 2.45) is 4.99 Å². The van der Waals surface area contributed by atoms with Gasteiger partial charge in [0, 0.05) is 35.8 Å². The van der Waals surface area contributed by atoms with Crippen molar-refractivity contribution in [3.63, 3.8) is 0 Å². The standard InChI is InChI=1S/C21H20N8/c1-3-16(11-17(4-1)29-9-2-7-23-29)27-13-20-22-8-10-28(20)21(14-27)24-19-12-18(25-26-19)15-5-6-15/h1-4,7-12,14-15H,5-6,13H2,(H2,24,25,26)/q+1. The topological polar surface area (TPSA) is 80.0 Å². The molecule has 0 bridgehead atoms. The Kier molecular flexibility index (Phi) is 3.63. The van der Waals surface area contributed by atoms with E-state index in [0.29, 0.717) is 12.5 Å². The van der Waals surface area contributed by atoms with Gasteiger partial charge in [0.25, 0.3) is 11.7 Å². The number of aromatic nitrogens is 4. The van der Waals surface area contributed by atoms with E-state index in [1.807, 2.05) is 41.5 Å². The predicted octanol–water partition coefficient (Wildman–Crippen LogP) is 3.23. The van der Waals surface area contributed by atoms with Gasteiger partial charge >= 0.3 is 0 Å². The van der Waals surface area contributed by atoms with Gasteiger partial charge in [-0.1, -0.05) is 6.07 Å². The number of benzene rings is 1. The largest absolute Gasteiger partial charge is 0.329 e. The van der Waals surface area contributed by atoms with Crippen molar-refractivity contribution in [3.05, 3.63) is 78.9 Å². The molecule has 0 saturated heterocycles. The van der Waals surface area contributed by atoms with Crippen molar-refractivity contribution >= 4 is 17.3 Å². The predicted molar refractivity (Wildman–Crippen MR) is 112 cm³/mol. The monoisotopic (exact) mass is 384 g/mol. The van der Waals surface area contributed by atoms with Crippen LogP contribution in [-0.2, 0) is 0 Å². The number of hydrogen-bond donors (Lipinski definition) is 2. The third-order valence-corrected chi connectivity index (χ3v) is 5.37. The third-order valence-electron chi connectivity index (χ3n) is 5.37. The average molecular weight is 384 g/mol. The minimum atomic E-state index is 0.642. The maximum Gasteiger partial charge on any atom is 0.284 e. The number of hydrogen-bond acceptors (Lipinski definition) is 6. The molecule has 143 valence electrons. The first-order chi connectivity index (χ1) is 14.3. The molecule has 29 heavy (non-hydrogen) atoms. The van der Waals surface area contributed by atoms with Gasteiger partial charge in [-0.25, -0.2) is 4.68 Å². The van der Waals surface area contributed by atoms with Gasteiger partial charge in [-0.05, 0) is 42.0 Å². The van der Waals surface area contributed by atoms with E-state index in [4.69, 9.17) is 0 Å². The van der Waals surface area contributed by atoms with Gasteiger partial charge in [0.2, 0.25) is 0 Å². The molecule has 1 aromatic carbocycles. The van der Waals surface area contributed by atoms with Gasteiger partial charge in [-0.2, -0.15) is 15.2 Å². The molecule has 6 rings (SSSR count). The summed E-state index contributed by atoms with van der Waals surface area (Å²) >= 11 is 0. The first kappa shape index (κ1) is 16.3. The van der Waals surface area contributed by atoms with E-state index in [2.05, 4.69) is 59.8 Å². The molecule has 1 saturated carbocycles. The van der Waals surface area contributed by atoms with E-state index < -0.39 is 0 Å². The molecule has 8 heteroatoms. The fourth-order valence-corrected chi connectivity index (χ4v) is 3.71. The van der Waals surface area contributed by atoms with Gasteiger partial charge in [0.05, 0.1) is 18.1 Å². The second-order valence-electron chi connectivity index (χ2n) is 7.43. The first-order valence-corrected chi connectivity index (χ1v) is 9.77. The van der Waals surface area contributed by atoms with Crippen LogP contribution in [0, 0.1) is 0 Å². The van der Waals surface area contributed by atoms with Crippen LogP contribution in [-0.4, -0.2) is 32.4 Å². The smallest absolute Gasteiger partial charge is 0.284 e. The first-order valence-electron chi connectivity index (χ1n) is 9.77. The third kappa shape index (κ3) is 3.03. The van der Waals surface area contributed by atoms with Crippen molar-refractivity contribution in [1.82, 2.24) is 24.9 Å². The Bertz CT molecular complexity index is 1130. The SMILES string of the molecule is C1=C[N+]2C(Nc3cc(C4CC4)[nH]n3)=CN(c3cccc(-n4cccn4)c3)CC2=N1. The highest BCUT2D eigenvalue weighted by atomic mass is 15.4. The van der Waals surface area contributed by atoms with Crippen LogP contribution in [0.25, 0.3) is 5.69 Å². The van der Waals surface area contributed by atoms with Crippen LogP contribution >= 0.6 is 0 Å². The molecule has 0 unspecified atom stereocenters. The van der Waals surface area contributed by atoms with Crippen LogP contribution in [0.3, 0.4) is 0 Å². The highest BCUT2D eigenvalue weighted by Crippen LogP contribution is 2.39. The Balaban J connectivity index is 1.32. The highest BCUT2D eigenvalue weighted by molar-refractivity contribution is 5.96. The van der Waals surface area contributed by atoms with E-state index in [0.717, 1.165) is 28.8 Å². The van der Waals surface area contributed by atoms with Crippen molar-refractivity contribution in [1.29, 1.82) is 0 Å². The Hall–Kier alpha value is -3.65. The second kappa shape index (κ2) is 6.46. The van der Waals surface area contributed by atoms with E-state index in [9.17, 15) is 0 Å². The Morgan fingerprint density at radius 3 is 2.93 bits per heavy atom. The summed E-state index contributed by atoms with van der Waals surface area (Å²) in [7, 11) is 0. The molecule has 1 fully saturated rings. The summed E-state index contributed by atoms with van der Waals surface area (Å²) in [4.78, 5) is 8.79. The Labute approximate surface area is 167 Å². The van der Waals surface area contributed by atoms with Crippen molar-refractivity contribution < 1.29 is 0 Å². The minimum Gasteiger partial charge on any atom is -0.329 e. The molecular formula is C21H20N8+. The van der Waals surface area contributed by atoms with E-state index in [1.54, 1.807) is 6.20 Å². The molecule has 2 aliphatic heterocycles. The molecular weight excluding hydrogens is 364 g/mol. The number of amidine groups is 1. The summed E-state index contributed by atoms with van der Waals surface area (Å²) in [6.45, 7) is 0.689. The van der Waals surface area contributed by atoms with Crippen LogP contribution in [0.5, 0.6) is 0 Å². The van der Waals surface area contributed by atoms with Crippen LogP contribution in [0.4, 0.5) is 11.5 Å². The molecule has 1 aliphatic carbocycles. The zero-order valence-electron chi connectivity index (χ0n) is 15.7. The molecule has 1 radical (unpaired) electrons. The van der Waals surface area contributed by atoms with E-state index in [1.165, 1.54) is 18.5 Å². The number of aromatic amines is 1. The summed E-state index contributed by atoms with van der Waals surface area (Å²) in [5, 5.41) is 15.4. The van der Waals surface area contributed by atoms with Gasteiger partial charge in [0.15, 0.2) is 12.0 Å². The van der Waals surface area contributed by atoms with Crippen LogP contribution in [0.2, 0.25) is 0 Å². The quantitative estimate of drug-likeness (QED) is 0.662. The minimum absolute atomic E-state index is 0.642. The van der Waals surface area contributed by atoms with Crippen molar-refractivity contribution in [2.75, 3.05) is 16.8 Å². The van der Waals surface area contributed by atoms with Crippen LogP contribution in [0.1, 0.15) is 24.5 Å². The Morgan fingerprint density at radius 2 is 2.07 bits per heavy atom. The summed E-state index contributed by atoms with van der Waals surface area (Å²) in [5.74, 6) is 3.35. The maximum absolute atomic E-state index is 4.53. The second-order valence-corrected chi connectivity index (χ2v) is 7.43. The molecule has 2 N–H and O–H groups in total. The lowest BCUT2D eigenvalue weighted by Crippen LogP contribution is -2.45. The van der Waals surface area contributed by atoms with Gasteiger partial charge in [-0.3, -0.25) is 10.4 Å². The normalized spacial score (nSPS) is 18.6. The zero-order chi connectivity index (χ0) is 19.2. The molecule has 3 aliphatic rings. The maximum atomic E-state index is 4.53. The van der Waals surface area contributed by atoms with Gasteiger partial charge in [0.1, 0.15) is 6.54 Å². The number of anilines is 2. The lowest BCUT2D eigenvalue weighted by molar-refractivity contribution is 0.813.